The van der Waals surface area contributed by atoms with E-state index in [1.54, 1.807) is 0 Å². The summed E-state index contributed by atoms with van der Waals surface area (Å²) in [6.07, 6.45) is 0. The third kappa shape index (κ3) is 8.35. The lowest BCUT2D eigenvalue weighted by atomic mass is 9.73. The first-order valence-corrected chi connectivity index (χ1v) is 34.0. The van der Waals surface area contributed by atoms with Gasteiger partial charge in [-0.2, -0.15) is 0 Å². The van der Waals surface area contributed by atoms with Gasteiger partial charge in [-0.1, -0.05) is 315 Å². The van der Waals surface area contributed by atoms with Gasteiger partial charge in [0.2, 0.25) is 0 Å². The van der Waals surface area contributed by atoms with E-state index in [4.69, 9.17) is 0 Å². The molecule has 98 heavy (non-hydrogen) atoms. The van der Waals surface area contributed by atoms with Crippen molar-refractivity contribution in [3.63, 3.8) is 0 Å². The van der Waals surface area contributed by atoms with Crippen molar-refractivity contribution < 1.29 is 0 Å². The zero-order valence-electron chi connectivity index (χ0n) is 53.5. The minimum atomic E-state index is 1.10. The van der Waals surface area contributed by atoms with Crippen LogP contribution in [0, 0.1) is 0 Å². The molecule has 18 aromatic carbocycles. The maximum atomic E-state index is 2.48. The van der Waals surface area contributed by atoms with Crippen molar-refractivity contribution in [2.75, 3.05) is 0 Å². The van der Waals surface area contributed by atoms with Gasteiger partial charge >= 0.3 is 0 Å². The first-order valence-electron chi connectivity index (χ1n) is 34.0. The normalized spacial score (nSPS) is 11.9. The Hall–Kier alpha value is -12.9. The third-order valence-corrected chi connectivity index (χ3v) is 20.8. The van der Waals surface area contributed by atoms with Crippen LogP contribution in [0.15, 0.2) is 364 Å². The molecular weight excluding hydrogens is 1180 g/mol. The summed E-state index contributed by atoms with van der Waals surface area (Å²) in [6, 6.07) is 136. The summed E-state index contributed by atoms with van der Waals surface area (Å²) in [5.41, 5.74) is 25.7. The van der Waals surface area contributed by atoms with Crippen LogP contribution in [0.3, 0.4) is 0 Å². The Labute approximate surface area is 567 Å². The molecule has 0 atom stereocenters. The number of fused-ring (bicyclic) bond motifs is 12. The topological polar surface area (TPSA) is 9.86 Å². The van der Waals surface area contributed by atoms with Gasteiger partial charge < -0.3 is 9.13 Å². The van der Waals surface area contributed by atoms with Crippen LogP contribution in [0.5, 0.6) is 0 Å². The first-order chi connectivity index (χ1) is 48.7. The van der Waals surface area contributed by atoms with Crippen molar-refractivity contribution in [1.82, 2.24) is 9.13 Å². The van der Waals surface area contributed by atoms with Crippen LogP contribution in [0.2, 0.25) is 0 Å². The molecule has 454 valence electrons. The van der Waals surface area contributed by atoms with Crippen LogP contribution in [-0.2, 0) is 0 Å². The number of rotatable bonds is 10. The number of hydrogen-bond acceptors (Lipinski definition) is 0. The van der Waals surface area contributed by atoms with E-state index >= 15 is 0 Å². The molecule has 0 N–H and O–H groups in total. The minimum absolute atomic E-state index is 1.10. The molecule has 0 aliphatic rings. The Kier molecular flexibility index (Phi) is 12.7. The molecule has 0 radical (unpaired) electrons. The maximum absolute atomic E-state index is 2.48. The van der Waals surface area contributed by atoms with E-state index in [0.717, 1.165) is 33.6 Å². The summed E-state index contributed by atoms with van der Waals surface area (Å²) in [5, 5.41) is 17.1. The summed E-state index contributed by atoms with van der Waals surface area (Å²) < 4.78 is 4.95. The average Bonchev–Trinajstić information content (AvgIpc) is 0.727. The highest BCUT2D eigenvalue weighted by molar-refractivity contribution is 6.46. The molecule has 20 rings (SSSR count). The van der Waals surface area contributed by atoms with Gasteiger partial charge in [0.1, 0.15) is 0 Å². The zero-order chi connectivity index (χ0) is 64.4. The van der Waals surface area contributed by atoms with E-state index in [9.17, 15) is 0 Å². The van der Waals surface area contributed by atoms with Gasteiger partial charge in [0, 0.05) is 32.9 Å². The summed E-state index contributed by atoms with van der Waals surface area (Å²) in [7, 11) is 0. The molecule has 0 spiro atoms. The first kappa shape index (κ1) is 55.6. The third-order valence-electron chi connectivity index (χ3n) is 20.8. The molecule has 2 heteroatoms. The lowest BCUT2D eigenvalue weighted by Crippen LogP contribution is -2.02. The van der Waals surface area contributed by atoms with Crippen LogP contribution in [0.25, 0.3) is 198 Å². The second kappa shape index (κ2) is 22.4. The van der Waals surface area contributed by atoms with Crippen molar-refractivity contribution in [2.24, 2.45) is 0 Å². The van der Waals surface area contributed by atoms with Gasteiger partial charge in [0.15, 0.2) is 0 Å². The van der Waals surface area contributed by atoms with Gasteiger partial charge in [-0.25, -0.2) is 0 Å². The molecule has 20 aromatic rings. The molecule has 2 aromatic heterocycles. The zero-order valence-corrected chi connectivity index (χ0v) is 53.5. The Morgan fingerprint density at radius 1 is 0.133 bits per heavy atom. The average molecular weight is 1240 g/mol. The van der Waals surface area contributed by atoms with Crippen LogP contribution < -0.4 is 0 Å². The molecule has 2 nitrogen and oxygen atoms in total. The van der Waals surface area contributed by atoms with E-state index in [0.29, 0.717) is 0 Å². The molecule has 0 fully saturated rings. The Bertz CT molecular complexity index is 6040. The lowest BCUT2D eigenvalue weighted by molar-refractivity contribution is 1.18. The van der Waals surface area contributed by atoms with Crippen LogP contribution in [0.4, 0.5) is 0 Å². The SMILES string of the molecule is c1ccc(-c2c(-c3ccccc3)c(-c3ccccc3)c3c4cccc5c6c(-c7cccc(-n8c9ccccc9c9ccccc98)c7)c(-c7ccccc7)c(-c7ccccc7)c(-c7cccc(-n8c9ccccc9c9ccccc98)c7)c6c6cccc(c3c2-c2ccccc2)c6c45)cc1. The number of nitrogens with zero attached hydrogens (tertiary/aromatic N) is 2. The fourth-order valence-electron chi connectivity index (χ4n) is 17.0. The fourth-order valence-corrected chi connectivity index (χ4v) is 17.0. The second-order valence-corrected chi connectivity index (χ2v) is 26.0. The molecular formula is C96H60N2. The van der Waals surface area contributed by atoms with Gasteiger partial charge in [-0.3, -0.25) is 0 Å². The highest BCUT2D eigenvalue weighted by Gasteiger charge is 2.33. The molecule has 0 aliphatic heterocycles. The van der Waals surface area contributed by atoms with Gasteiger partial charge in [-0.05, 0) is 191 Å². The van der Waals surface area contributed by atoms with E-state index in [-0.39, 0.29) is 0 Å². The number of para-hydroxylation sites is 4. The fraction of sp³-hybridized carbons (Fsp3) is 0. The molecule has 0 unspecified atom stereocenters. The predicted molar refractivity (Wildman–Crippen MR) is 417 cm³/mol. The standard InChI is InChI=1S/C96H60N2/c1-7-31-61(32-8-1)83-84(62-33-9-2-10-34-62)88(66-41-17-6-18-42-66)94-76-52-30-54-78-92(76)91-75(93(94)87(83)65-39-15-5-16-40-65)51-29-53-77(91)95-89(67-43-27-45-69(59-67)97-79-55-23-19-47-71(79)72-48-20-24-56-80(72)97)85(63-35-11-3-12-36-63)86(64-37-13-4-14-38-64)90(96(78)95)68-44-28-46-70(60-68)98-81-57-25-21-49-73(81)74-50-22-26-58-82(74)98/h1-60H. The highest BCUT2D eigenvalue weighted by atomic mass is 15.0. The molecule has 0 aliphatic carbocycles. The monoisotopic (exact) mass is 1240 g/mol. The summed E-state index contributed by atoms with van der Waals surface area (Å²) in [5.74, 6) is 0. The van der Waals surface area contributed by atoms with Crippen molar-refractivity contribution in [1.29, 1.82) is 0 Å². The maximum Gasteiger partial charge on any atom is 0.0541 e. The molecule has 2 heterocycles. The minimum Gasteiger partial charge on any atom is -0.309 e. The van der Waals surface area contributed by atoms with E-state index in [1.165, 1.54) is 164 Å². The second-order valence-electron chi connectivity index (χ2n) is 26.0. The predicted octanol–water partition coefficient (Wildman–Crippen LogP) is 26.4. The number of benzene rings is 18. The van der Waals surface area contributed by atoms with Gasteiger partial charge in [0.25, 0.3) is 0 Å². The van der Waals surface area contributed by atoms with E-state index in [2.05, 4.69) is 373 Å². The van der Waals surface area contributed by atoms with Crippen LogP contribution in [0.1, 0.15) is 0 Å². The lowest BCUT2D eigenvalue weighted by Gasteiger charge is -2.29. The van der Waals surface area contributed by atoms with E-state index in [1.807, 2.05) is 0 Å². The molecule has 0 bridgehead atoms. The summed E-state index contributed by atoms with van der Waals surface area (Å²) in [6.45, 7) is 0. The van der Waals surface area contributed by atoms with Crippen molar-refractivity contribution in [3.05, 3.63) is 364 Å². The number of aromatic nitrogens is 2. The van der Waals surface area contributed by atoms with Gasteiger partial charge in [0.05, 0.1) is 22.1 Å². The van der Waals surface area contributed by atoms with Crippen molar-refractivity contribution >= 4 is 97.5 Å². The quantitative estimate of drug-likeness (QED) is 0.0954. The Morgan fingerprint density at radius 3 is 0.592 bits per heavy atom. The molecule has 0 amide bonds. The Morgan fingerprint density at radius 2 is 0.327 bits per heavy atom. The van der Waals surface area contributed by atoms with Crippen molar-refractivity contribution in [3.8, 4) is 100 Å². The molecule has 0 saturated heterocycles. The van der Waals surface area contributed by atoms with Crippen molar-refractivity contribution in [2.45, 2.75) is 0 Å². The highest BCUT2D eigenvalue weighted by Crippen LogP contribution is 2.60. The summed E-state index contributed by atoms with van der Waals surface area (Å²) >= 11 is 0. The molecule has 0 saturated carbocycles. The number of hydrogen-bond donors (Lipinski definition) is 0. The summed E-state index contributed by atoms with van der Waals surface area (Å²) in [4.78, 5) is 0. The Balaban J connectivity index is 1.05. The van der Waals surface area contributed by atoms with Crippen LogP contribution >= 0.6 is 0 Å². The largest absolute Gasteiger partial charge is 0.309 e. The smallest absolute Gasteiger partial charge is 0.0541 e. The van der Waals surface area contributed by atoms with Gasteiger partial charge in [-0.15, -0.1) is 0 Å². The van der Waals surface area contributed by atoms with Crippen LogP contribution in [-0.4, -0.2) is 9.13 Å². The van der Waals surface area contributed by atoms with E-state index < -0.39 is 0 Å².